The van der Waals surface area contributed by atoms with Crippen molar-refractivity contribution in [3.63, 3.8) is 0 Å². The molecule has 0 radical (unpaired) electrons. The Morgan fingerprint density at radius 3 is 2.50 bits per heavy atom. The molecule has 0 saturated carbocycles. The molecule has 0 aromatic carbocycles. The molecule has 0 aliphatic heterocycles. The molecule has 0 unspecified atom stereocenters. The predicted octanol–water partition coefficient (Wildman–Crippen LogP) is -3.74. The van der Waals surface area contributed by atoms with E-state index in [4.69, 9.17) is 5.73 Å². The number of carboxylic acid groups (broad SMARTS) is 1. The fourth-order valence-electron chi connectivity index (χ4n) is 0.687. The molecule has 0 saturated heterocycles. The number of nitrogens with two attached hydrogens (primary N) is 1. The standard InChI is InChI=1S/C6H13NO2.Na/c1-2-3-5(7)4-6(8)9;/h5H,2-4,7H2,1H3,(H,8,9);/q;+1/p-1/t5-;/m0./s1. The molecule has 0 amide bonds. The predicted molar refractivity (Wildman–Crippen MR) is 32.5 cm³/mol. The van der Waals surface area contributed by atoms with Crippen LogP contribution >= 0.6 is 0 Å². The minimum absolute atomic E-state index is 0. The third-order valence-corrected chi connectivity index (χ3v) is 1.09. The summed E-state index contributed by atoms with van der Waals surface area (Å²) in [4.78, 5) is 9.89. The SMILES string of the molecule is CCC[C@H](N)CC(=O)[O-].[Na+]. The van der Waals surface area contributed by atoms with Gasteiger partial charge in [-0.15, -0.1) is 0 Å². The Bertz CT molecular complexity index is 97.7. The van der Waals surface area contributed by atoms with Crippen LogP contribution in [0.3, 0.4) is 0 Å². The van der Waals surface area contributed by atoms with Gasteiger partial charge in [0, 0.05) is 18.4 Å². The summed E-state index contributed by atoms with van der Waals surface area (Å²) in [6.45, 7) is 1.97. The minimum atomic E-state index is -1.06. The van der Waals surface area contributed by atoms with Gasteiger partial charge in [0.1, 0.15) is 0 Å². The number of carboxylic acids is 1. The maximum Gasteiger partial charge on any atom is 1.00 e. The molecular formula is C6H12NNaO2. The monoisotopic (exact) mass is 153 g/mol. The number of hydrogen-bond acceptors (Lipinski definition) is 3. The van der Waals surface area contributed by atoms with Crippen LogP contribution in [0.5, 0.6) is 0 Å². The molecular weight excluding hydrogens is 141 g/mol. The van der Waals surface area contributed by atoms with E-state index in [-0.39, 0.29) is 42.0 Å². The summed E-state index contributed by atoms with van der Waals surface area (Å²) in [5.74, 6) is -1.06. The average Bonchev–Trinajstić information content (AvgIpc) is 1.63. The van der Waals surface area contributed by atoms with Crippen LogP contribution in [0.15, 0.2) is 0 Å². The number of carbonyl (C=O) groups excluding carboxylic acids is 1. The second-order valence-corrected chi connectivity index (χ2v) is 2.12. The Morgan fingerprint density at radius 2 is 2.20 bits per heavy atom. The van der Waals surface area contributed by atoms with Crippen molar-refractivity contribution < 1.29 is 39.5 Å². The molecule has 0 aliphatic carbocycles. The molecule has 0 bridgehead atoms. The van der Waals surface area contributed by atoms with Crippen molar-refractivity contribution in [2.24, 2.45) is 5.73 Å². The molecule has 3 nitrogen and oxygen atoms in total. The van der Waals surface area contributed by atoms with Gasteiger partial charge in [-0.05, 0) is 6.42 Å². The van der Waals surface area contributed by atoms with E-state index in [0.717, 1.165) is 12.8 Å². The second kappa shape index (κ2) is 7.54. The van der Waals surface area contributed by atoms with E-state index in [0.29, 0.717) is 0 Å². The Hall–Kier alpha value is 0.430. The maximum atomic E-state index is 9.89. The van der Waals surface area contributed by atoms with E-state index in [1.54, 1.807) is 0 Å². The first kappa shape index (κ1) is 13.1. The quantitative estimate of drug-likeness (QED) is 0.422. The van der Waals surface area contributed by atoms with Crippen molar-refractivity contribution in [1.29, 1.82) is 0 Å². The second-order valence-electron chi connectivity index (χ2n) is 2.12. The summed E-state index contributed by atoms with van der Waals surface area (Å²) in [5, 5.41) is 9.89. The third kappa shape index (κ3) is 8.43. The molecule has 54 valence electrons. The normalized spacial score (nSPS) is 11.8. The zero-order valence-corrected chi connectivity index (χ0v) is 8.59. The van der Waals surface area contributed by atoms with Crippen molar-refractivity contribution in [2.75, 3.05) is 0 Å². The summed E-state index contributed by atoms with van der Waals surface area (Å²) in [5.41, 5.74) is 5.36. The largest absolute Gasteiger partial charge is 1.00 e. The van der Waals surface area contributed by atoms with Gasteiger partial charge < -0.3 is 15.6 Å². The van der Waals surface area contributed by atoms with E-state index in [1.807, 2.05) is 6.92 Å². The maximum absolute atomic E-state index is 9.89. The Labute approximate surface area is 83.3 Å². The van der Waals surface area contributed by atoms with Gasteiger partial charge in [0.2, 0.25) is 0 Å². The first-order valence-corrected chi connectivity index (χ1v) is 3.12. The third-order valence-electron chi connectivity index (χ3n) is 1.09. The number of hydrogen-bond donors (Lipinski definition) is 1. The van der Waals surface area contributed by atoms with Crippen molar-refractivity contribution >= 4 is 5.97 Å². The van der Waals surface area contributed by atoms with Crippen LogP contribution in [-0.4, -0.2) is 12.0 Å². The summed E-state index contributed by atoms with van der Waals surface area (Å²) in [7, 11) is 0. The zero-order chi connectivity index (χ0) is 7.28. The Balaban J connectivity index is 0. The molecule has 0 fully saturated rings. The van der Waals surface area contributed by atoms with Gasteiger partial charge >= 0.3 is 29.6 Å². The molecule has 4 heteroatoms. The summed E-state index contributed by atoms with van der Waals surface area (Å²) >= 11 is 0. The van der Waals surface area contributed by atoms with Gasteiger partial charge in [-0.3, -0.25) is 0 Å². The van der Waals surface area contributed by atoms with Crippen LogP contribution < -0.4 is 40.4 Å². The van der Waals surface area contributed by atoms with E-state index in [9.17, 15) is 9.90 Å². The van der Waals surface area contributed by atoms with Gasteiger partial charge in [-0.1, -0.05) is 13.3 Å². The fraction of sp³-hybridized carbons (Fsp3) is 0.833. The van der Waals surface area contributed by atoms with Crippen LogP contribution in [0.1, 0.15) is 26.2 Å². The first-order valence-electron chi connectivity index (χ1n) is 3.12. The first-order chi connectivity index (χ1) is 4.16. The molecule has 0 aromatic rings. The summed E-state index contributed by atoms with van der Waals surface area (Å²) in [6.07, 6.45) is 1.66. The number of aliphatic carboxylic acids is 1. The van der Waals surface area contributed by atoms with Crippen molar-refractivity contribution in [2.45, 2.75) is 32.2 Å². The molecule has 1 atom stereocenters. The summed E-state index contributed by atoms with van der Waals surface area (Å²) in [6, 6.07) is -0.222. The van der Waals surface area contributed by atoms with Gasteiger partial charge in [-0.2, -0.15) is 0 Å². The van der Waals surface area contributed by atoms with Crippen molar-refractivity contribution in [1.82, 2.24) is 0 Å². The fourth-order valence-corrected chi connectivity index (χ4v) is 0.687. The van der Waals surface area contributed by atoms with E-state index in [2.05, 4.69) is 0 Å². The van der Waals surface area contributed by atoms with Gasteiger partial charge in [0.25, 0.3) is 0 Å². The minimum Gasteiger partial charge on any atom is -0.550 e. The Morgan fingerprint density at radius 1 is 1.70 bits per heavy atom. The van der Waals surface area contributed by atoms with Gasteiger partial charge in [0.05, 0.1) is 0 Å². The number of rotatable bonds is 4. The van der Waals surface area contributed by atoms with Crippen LogP contribution in [0.2, 0.25) is 0 Å². The number of carbonyl (C=O) groups is 1. The average molecular weight is 153 g/mol. The zero-order valence-electron chi connectivity index (χ0n) is 6.59. The van der Waals surface area contributed by atoms with E-state index >= 15 is 0 Å². The summed E-state index contributed by atoms with van der Waals surface area (Å²) < 4.78 is 0. The van der Waals surface area contributed by atoms with Crippen LogP contribution in [0.4, 0.5) is 0 Å². The van der Waals surface area contributed by atoms with Crippen molar-refractivity contribution in [3.8, 4) is 0 Å². The van der Waals surface area contributed by atoms with E-state index in [1.165, 1.54) is 0 Å². The smallest absolute Gasteiger partial charge is 0.550 e. The van der Waals surface area contributed by atoms with Gasteiger partial charge in [-0.25, -0.2) is 0 Å². The Kier molecular flexibility index (Phi) is 9.84. The topological polar surface area (TPSA) is 66.2 Å². The van der Waals surface area contributed by atoms with Crippen LogP contribution in [0, 0.1) is 0 Å². The van der Waals surface area contributed by atoms with E-state index < -0.39 is 5.97 Å². The van der Waals surface area contributed by atoms with Crippen LogP contribution in [-0.2, 0) is 4.79 Å². The molecule has 2 N–H and O–H groups in total. The van der Waals surface area contributed by atoms with Crippen molar-refractivity contribution in [3.05, 3.63) is 0 Å². The molecule has 10 heavy (non-hydrogen) atoms. The molecule has 0 heterocycles. The molecule has 0 aliphatic rings. The van der Waals surface area contributed by atoms with Gasteiger partial charge in [0.15, 0.2) is 0 Å². The molecule has 0 spiro atoms. The molecule has 0 aromatic heterocycles. The van der Waals surface area contributed by atoms with Crippen LogP contribution in [0.25, 0.3) is 0 Å². The molecule has 0 rings (SSSR count).